The topological polar surface area (TPSA) is 539 Å². The van der Waals surface area contributed by atoms with E-state index in [-0.39, 0.29) is 90.1 Å². The summed E-state index contributed by atoms with van der Waals surface area (Å²) in [5, 5.41) is 76.4. The Balaban J connectivity index is -0.000000346. The third-order valence-electron chi connectivity index (χ3n) is 5.22. The van der Waals surface area contributed by atoms with Gasteiger partial charge in [0, 0.05) is 22.6 Å². The van der Waals surface area contributed by atoms with Crippen LogP contribution in [0.3, 0.4) is 0 Å². The number of fused-ring (bicyclic) bond motifs is 2. The number of hydrogen-bond acceptors (Lipinski definition) is 15. The highest BCUT2D eigenvalue weighted by Gasteiger charge is 2.27. The molecule has 0 saturated heterocycles. The third-order valence-corrected chi connectivity index (χ3v) is 5.22. The van der Waals surface area contributed by atoms with Gasteiger partial charge in [-0.3, -0.25) is 45.6 Å². The van der Waals surface area contributed by atoms with Crippen molar-refractivity contribution in [2.45, 2.75) is 0 Å². The minimum absolute atomic E-state index is 0. The van der Waals surface area contributed by atoms with Crippen molar-refractivity contribution in [1.29, 1.82) is 0 Å². The van der Waals surface area contributed by atoms with E-state index in [0.29, 0.717) is 0 Å². The molecule has 0 spiro atoms. The highest BCUT2D eigenvalue weighted by molar-refractivity contribution is 5.91. The highest BCUT2D eigenvalue weighted by atomic mass is 35.5. The van der Waals surface area contributed by atoms with Gasteiger partial charge in [0.1, 0.15) is 5.39 Å². The van der Waals surface area contributed by atoms with Crippen molar-refractivity contribution in [2.75, 3.05) is 0 Å². The first-order valence-electron chi connectivity index (χ1n) is 10.3. The second kappa shape index (κ2) is 18.8. The van der Waals surface area contributed by atoms with Crippen molar-refractivity contribution in [2.24, 2.45) is 0 Å². The van der Waals surface area contributed by atoms with E-state index in [9.17, 15) is 40.5 Å². The van der Waals surface area contributed by atoms with Gasteiger partial charge < -0.3 is 50.7 Å². The molecule has 31 nitrogen and oxygen atoms in total. The Hall–Kier alpha value is -6.87. The maximum absolute atomic E-state index is 11.0. The van der Waals surface area contributed by atoms with Crippen LogP contribution in [-0.4, -0.2) is 114 Å². The number of nitrogens with one attached hydrogen (secondary N) is 3. The number of nitro groups is 4. The number of tetrazole rings is 2. The lowest BCUT2D eigenvalue weighted by molar-refractivity contribution is -0.637. The number of H-pyrrole nitrogens is 3. The van der Waals surface area contributed by atoms with E-state index in [1.54, 1.807) is 0 Å². The summed E-state index contributed by atoms with van der Waals surface area (Å²) in [5.74, 6) is 0.101. The average Bonchev–Trinajstić information content (AvgIpc) is 3.72. The summed E-state index contributed by atoms with van der Waals surface area (Å²) in [6.07, 6.45) is 2.56. The van der Waals surface area contributed by atoms with E-state index in [1.165, 1.54) is 23.1 Å². The molecule has 0 aliphatic heterocycles. The van der Waals surface area contributed by atoms with Gasteiger partial charge in [-0.15, -0.1) is 9.78 Å². The SMILES string of the molecule is O.O.O.O.O.O.O.O=[N+]([O-])c1cc([N+](=O)[O-])c2c[nH][n+](-c3nn[nH]n3)c2c1.O=[N+]([O-])c1cc([N+](=O)[O-])c2cnn(-c3nn[nH]n3)c2c1.[Cl-]. The molecule has 0 saturated carbocycles. The van der Waals surface area contributed by atoms with Gasteiger partial charge >= 0.3 is 5.95 Å². The number of aromatic nitrogens is 12. The minimum Gasteiger partial charge on any atom is -1.00 e. The second-order valence-corrected chi connectivity index (χ2v) is 7.41. The number of halogens is 1. The zero-order chi connectivity index (χ0) is 28.6. The zero-order valence-electron chi connectivity index (χ0n) is 22.9. The van der Waals surface area contributed by atoms with E-state index >= 15 is 0 Å². The molecule has 0 bridgehead atoms. The Kier molecular flexibility index (Phi) is 18.8. The third kappa shape index (κ3) is 8.64. The second-order valence-electron chi connectivity index (χ2n) is 7.41. The Labute approximate surface area is 265 Å². The number of non-ortho nitro benzene ring substituents is 4. The Morgan fingerprint density at radius 3 is 1.67 bits per heavy atom. The number of hydrogen-bond donors (Lipinski definition) is 3. The standard InChI is InChI=1S/2C8H4N8O4.ClH.7H2O/c2*17-15(18)4-1-6-5(7(2-4)16(19)20)3-9-14(6)8-10-12-13-11-8;;;;;;;;/h2*1-3H,(H,10,11,12,13);1H;7*1H2. The van der Waals surface area contributed by atoms with E-state index in [4.69, 9.17) is 0 Å². The summed E-state index contributed by atoms with van der Waals surface area (Å²) in [5.41, 5.74) is -1.27. The van der Waals surface area contributed by atoms with Gasteiger partial charge in [-0.1, -0.05) is 10.3 Å². The maximum atomic E-state index is 11.0. The van der Waals surface area contributed by atoms with Crippen molar-refractivity contribution in [3.63, 3.8) is 0 Å². The van der Waals surface area contributed by atoms with Crippen LogP contribution in [0, 0.1) is 40.5 Å². The van der Waals surface area contributed by atoms with Crippen molar-refractivity contribution >= 4 is 44.6 Å². The molecular formula is C16H23ClN16O15. The first-order chi connectivity index (χ1) is 19.2. The molecule has 4 aromatic heterocycles. The minimum atomic E-state index is -0.722. The molecule has 6 rings (SSSR count). The molecule has 32 heteroatoms. The van der Waals surface area contributed by atoms with Gasteiger partial charge in [0.15, 0.2) is 5.52 Å². The molecule has 0 radical (unpaired) electrons. The predicted octanol–water partition coefficient (Wildman–Crippen LogP) is -8.64. The van der Waals surface area contributed by atoms with Crippen LogP contribution >= 0.6 is 0 Å². The molecule has 0 fully saturated rings. The molecule has 264 valence electrons. The average molecular weight is 715 g/mol. The smallest absolute Gasteiger partial charge is 0.501 e. The lowest BCUT2D eigenvalue weighted by Crippen LogP contribution is -3.00. The zero-order valence-corrected chi connectivity index (χ0v) is 23.7. The molecule has 0 atom stereocenters. The van der Waals surface area contributed by atoms with Gasteiger partial charge in [-0.05, 0) is 5.21 Å². The van der Waals surface area contributed by atoms with E-state index < -0.39 is 36.8 Å². The van der Waals surface area contributed by atoms with Crippen LogP contribution in [0.15, 0.2) is 36.7 Å². The Morgan fingerprint density at radius 1 is 0.667 bits per heavy atom. The van der Waals surface area contributed by atoms with Crippen LogP contribution in [0.5, 0.6) is 0 Å². The summed E-state index contributed by atoms with van der Waals surface area (Å²) in [4.78, 5) is 40.8. The summed E-state index contributed by atoms with van der Waals surface area (Å²) < 4.78 is 2.37. The normalized spacial score (nSPS) is 9.00. The molecule has 0 aliphatic rings. The molecule has 4 heterocycles. The number of rotatable bonds is 6. The van der Waals surface area contributed by atoms with Crippen molar-refractivity contribution in [3.05, 3.63) is 77.1 Å². The van der Waals surface area contributed by atoms with Crippen molar-refractivity contribution in [1.82, 2.24) is 56.1 Å². The summed E-state index contributed by atoms with van der Waals surface area (Å²) in [6, 6.07) is 4.13. The van der Waals surface area contributed by atoms with E-state index in [0.717, 1.165) is 22.9 Å². The fraction of sp³-hybridized carbons (Fsp3) is 0. The Morgan fingerprint density at radius 2 is 1.19 bits per heavy atom. The van der Waals surface area contributed by atoms with Crippen LogP contribution in [-0.2, 0) is 0 Å². The van der Waals surface area contributed by atoms with Crippen molar-refractivity contribution in [3.8, 4) is 11.9 Å². The maximum Gasteiger partial charge on any atom is 0.501 e. The number of nitrogens with zero attached hydrogens (tertiary/aromatic N) is 13. The molecule has 0 aliphatic carbocycles. The molecule has 6 aromatic rings. The molecular weight excluding hydrogens is 692 g/mol. The first kappa shape index (κ1) is 48.0. The summed E-state index contributed by atoms with van der Waals surface area (Å²) in [7, 11) is 0. The summed E-state index contributed by atoms with van der Waals surface area (Å²) in [6.45, 7) is 0. The van der Waals surface area contributed by atoms with E-state index in [2.05, 4.69) is 51.4 Å². The van der Waals surface area contributed by atoms with Gasteiger partial charge in [-0.2, -0.15) is 15.0 Å². The van der Waals surface area contributed by atoms with Crippen LogP contribution in [0.2, 0.25) is 0 Å². The number of nitro benzene ring substituents is 4. The predicted molar refractivity (Wildman–Crippen MR) is 148 cm³/mol. The molecule has 2 aromatic carbocycles. The molecule has 0 unspecified atom stereocenters. The lowest BCUT2D eigenvalue weighted by atomic mass is 10.2. The van der Waals surface area contributed by atoms with Crippen LogP contribution in [0.1, 0.15) is 0 Å². The largest absolute Gasteiger partial charge is 1.00 e. The fourth-order valence-corrected chi connectivity index (χ4v) is 3.57. The van der Waals surface area contributed by atoms with Crippen LogP contribution in [0.4, 0.5) is 22.7 Å². The highest BCUT2D eigenvalue weighted by Crippen LogP contribution is 2.31. The molecule has 48 heavy (non-hydrogen) atoms. The van der Waals surface area contributed by atoms with Gasteiger partial charge in [0.25, 0.3) is 28.7 Å². The number of benzene rings is 2. The van der Waals surface area contributed by atoms with E-state index in [1.807, 2.05) is 0 Å². The lowest BCUT2D eigenvalue weighted by Gasteiger charge is -1.98. The molecule has 0 amide bonds. The van der Waals surface area contributed by atoms with Gasteiger partial charge in [0.05, 0.1) is 60.1 Å². The monoisotopic (exact) mass is 714 g/mol. The quantitative estimate of drug-likeness (QED) is 0.0819. The summed E-state index contributed by atoms with van der Waals surface area (Å²) >= 11 is 0. The van der Waals surface area contributed by atoms with Gasteiger partial charge in [-0.25, -0.2) is 0 Å². The Bertz CT molecular complexity index is 1810. The van der Waals surface area contributed by atoms with Gasteiger partial charge in [0.2, 0.25) is 0 Å². The molecule has 17 N–H and O–H groups in total. The van der Waals surface area contributed by atoms with Crippen molar-refractivity contribution < 1.29 is 75.1 Å². The fourth-order valence-electron chi connectivity index (χ4n) is 3.57. The van der Waals surface area contributed by atoms with Crippen LogP contribution in [0.25, 0.3) is 33.7 Å². The van der Waals surface area contributed by atoms with Crippen LogP contribution < -0.4 is 17.1 Å². The number of aromatic amines is 3. The first-order valence-corrected chi connectivity index (χ1v) is 10.3.